The van der Waals surface area contributed by atoms with Crippen LogP contribution < -0.4 is 5.73 Å². The number of hydrogen-bond acceptors (Lipinski definition) is 2. The van der Waals surface area contributed by atoms with Crippen molar-refractivity contribution < 1.29 is 4.79 Å². The maximum Gasteiger partial charge on any atom is 0.223 e. The fraction of sp³-hybridized carbons (Fsp3) is 0.632. The van der Waals surface area contributed by atoms with Crippen LogP contribution in [0.2, 0.25) is 0 Å². The molecule has 0 aromatic heterocycles. The largest absolute Gasteiger partial charge is 0.369 e. The lowest BCUT2D eigenvalue weighted by atomic mass is 9.73. The van der Waals surface area contributed by atoms with E-state index in [1.54, 1.807) is 0 Å². The number of aryl methyl sites for hydroxylation is 1. The molecule has 2 N–H and O–H groups in total. The number of carbonyl (C=O) groups excluding carboxylic acids is 1. The Balaban J connectivity index is 1.56. The zero-order valence-corrected chi connectivity index (χ0v) is 13.7. The van der Waals surface area contributed by atoms with Crippen LogP contribution in [0.5, 0.6) is 0 Å². The van der Waals surface area contributed by atoms with Gasteiger partial charge in [-0.05, 0) is 55.8 Å². The number of carbonyl (C=O) groups is 1. The van der Waals surface area contributed by atoms with E-state index in [1.807, 2.05) is 0 Å². The van der Waals surface area contributed by atoms with Gasteiger partial charge in [0.25, 0.3) is 0 Å². The first-order valence-corrected chi connectivity index (χ1v) is 8.71. The first kappa shape index (κ1) is 15.5. The molecule has 1 aromatic rings. The summed E-state index contributed by atoms with van der Waals surface area (Å²) >= 11 is 0. The fourth-order valence-electron chi connectivity index (χ4n) is 3.70. The Kier molecular flexibility index (Phi) is 4.53. The summed E-state index contributed by atoms with van der Waals surface area (Å²) in [5.41, 5.74) is 8.29. The van der Waals surface area contributed by atoms with Crippen LogP contribution in [-0.2, 0) is 17.8 Å². The van der Waals surface area contributed by atoms with Gasteiger partial charge >= 0.3 is 0 Å². The summed E-state index contributed by atoms with van der Waals surface area (Å²) in [5.74, 6) is 0.701. The molecule has 0 atom stereocenters. The van der Waals surface area contributed by atoms with Crippen molar-refractivity contribution >= 4 is 5.91 Å². The second kappa shape index (κ2) is 6.41. The van der Waals surface area contributed by atoms with Crippen molar-refractivity contribution in [1.82, 2.24) is 4.90 Å². The summed E-state index contributed by atoms with van der Waals surface area (Å²) < 4.78 is 0. The van der Waals surface area contributed by atoms with Crippen molar-refractivity contribution in [3.63, 3.8) is 0 Å². The molecule has 3 nitrogen and oxygen atoms in total. The number of benzene rings is 1. The maximum absolute atomic E-state index is 12.0. The fourth-order valence-corrected chi connectivity index (χ4v) is 3.70. The molecule has 1 aliphatic carbocycles. The average molecular weight is 300 g/mol. The molecular weight excluding hydrogens is 272 g/mol. The summed E-state index contributed by atoms with van der Waals surface area (Å²) in [6.45, 7) is 5.15. The monoisotopic (exact) mass is 300 g/mol. The Labute approximate surface area is 133 Å². The van der Waals surface area contributed by atoms with Crippen LogP contribution in [0.25, 0.3) is 0 Å². The van der Waals surface area contributed by atoms with Crippen LogP contribution >= 0.6 is 0 Å². The van der Waals surface area contributed by atoms with Gasteiger partial charge in [0, 0.05) is 6.54 Å². The Morgan fingerprint density at radius 3 is 2.27 bits per heavy atom. The van der Waals surface area contributed by atoms with Gasteiger partial charge in [-0.3, -0.25) is 9.69 Å². The molecule has 1 amide bonds. The minimum absolute atomic E-state index is 0.0636. The van der Waals surface area contributed by atoms with E-state index in [1.165, 1.54) is 24.0 Å². The molecule has 1 heterocycles. The third-order valence-corrected chi connectivity index (χ3v) is 5.55. The molecule has 0 bridgehead atoms. The number of primary amides is 1. The molecule has 0 radical (unpaired) electrons. The number of nitrogens with two attached hydrogens (primary N) is 1. The van der Waals surface area contributed by atoms with Gasteiger partial charge in [-0.2, -0.15) is 0 Å². The highest BCUT2D eigenvalue weighted by molar-refractivity contribution is 5.81. The van der Waals surface area contributed by atoms with Gasteiger partial charge in [-0.1, -0.05) is 44.0 Å². The minimum atomic E-state index is -0.219. The van der Waals surface area contributed by atoms with Crippen molar-refractivity contribution in [2.24, 2.45) is 17.1 Å². The van der Waals surface area contributed by atoms with Crippen LogP contribution in [-0.4, -0.2) is 23.9 Å². The lowest BCUT2D eigenvalue weighted by molar-refractivity contribution is -0.131. The van der Waals surface area contributed by atoms with E-state index in [2.05, 4.69) is 36.1 Å². The molecular formula is C19H28N2O. The summed E-state index contributed by atoms with van der Waals surface area (Å²) in [6, 6.07) is 8.91. The molecule has 2 aliphatic rings. The quantitative estimate of drug-likeness (QED) is 0.877. The first-order chi connectivity index (χ1) is 10.6. The van der Waals surface area contributed by atoms with Gasteiger partial charge in [-0.25, -0.2) is 0 Å². The normalized spacial score (nSPS) is 21.7. The number of nitrogens with zero attached hydrogens (tertiary/aromatic N) is 1. The van der Waals surface area contributed by atoms with Gasteiger partial charge in [0.05, 0.1) is 5.41 Å². The van der Waals surface area contributed by atoms with Crippen LogP contribution in [0.3, 0.4) is 0 Å². The predicted octanol–water partition coefficient (Wildman–Crippen LogP) is 3.12. The second-order valence-electron chi connectivity index (χ2n) is 7.24. The van der Waals surface area contributed by atoms with Gasteiger partial charge in [0.2, 0.25) is 5.91 Å². The first-order valence-electron chi connectivity index (χ1n) is 8.71. The van der Waals surface area contributed by atoms with Crippen LogP contribution in [0.1, 0.15) is 50.2 Å². The van der Waals surface area contributed by atoms with Gasteiger partial charge < -0.3 is 5.73 Å². The van der Waals surface area contributed by atoms with Gasteiger partial charge in [0.1, 0.15) is 0 Å². The number of piperidine rings is 1. The highest BCUT2D eigenvalue weighted by Crippen LogP contribution is 2.45. The van der Waals surface area contributed by atoms with E-state index >= 15 is 0 Å². The molecule has 1 saturated heterocycles. The van der Waals surface area contributed by atoms with Crippen molar-refractivity contribution in [2.75, 3.05) is 13.1 Å². The molecule has 0 spiro atoms. The number of amides is 1. The van der Waals surface area contributed by atoms with Crippen LogP contribution in [0.15, 0.2) is 24.3 Å². The van der Waals surface area contributed by atoms with E-state index in [0.29, 0.717) is 0 Å². The van der Waals surface area contributed by atoms with E-state index in [0.717, 1.165) is 51.2 Å². The van der Waals surface area contributed by atoms with Crippen LogP contribution in [0.4, 0.5) is 0 Å². The Hall–Kier alpha value is -1.35. The second-order valence-corrected chi connectivity index (χ2v) is 7.24. The van der Waals surface area contributed by atoms with Crippen molar-refractivity contribution in [1.29, 1.82) is 0 Å². The van der Waals surface area contributed by atoms with E-state index in [9.17, 15) is 4.79 Å². The minimum Gasteiger partial charge on any atom is -0.369 e. The SMILES string of the molecule is CCc1ccc(CN2CCC(CC3CC3)(C(N)=O)CC2)cc1. The highest BCUT2D eigenvalue weighted by atomic mass is 16.1. The molecule has 22 heavy (non-hydrogen) atoms. The molecule has 1 aromatic carbocycles. The lowest BCUT2D eigenvalue weighted by Gasteiger charge is -2.40. The van der Waals surface area contributed by atoms with Crippen molar-refractivity contribution in [3.05, 3.63) is 35.4 Å². The third kappa shape index (κ3) is 3.52. The standard InChI is InChI=1S/C19H28N2O/c1-2-15-3-7-17(8-4-15)14-21-11-9-19(10-12-21,18(20)22)13-16-5-6-16/h3-4,7-8,16H,2,5-6,9-14H2,1H3,(H2,20,22). The van der Waals surface area contributed by atoms with E-state index < -0.39 is 0 Å². The van der Waals surface area contributed by atoms with Gasteiger partial charge in [0.15, 0.2) is 0 Å². The maximum atomic E-state index is 12.0. The lowest BCUT2D eigenvalue weighted by Crippen LogP contribution is -2.47. The highest BCUT2D eigenvalue weighted by Gasteiger charge is 2.43. The number of rotatable bonds is 6. The smallest absolute Gasteiger partial charge is 0.223 e. The molecule has 1 aliphatic heterocycles. The summed E-state index contributed by atoms with van der Waals surface area (Å²) in [7, 11) is 0. The van der Waals surface area contributed by atoms with Crippen molar-refractivity contribution in [3.8, 4) is 0 Å². The molecule has 3 heteroatoms. The van der Waals surface area contributed by atoms with Crippen molar-refractivity contribution in [2.45, 2.75) is 52.0 Å². The Morgan fingerprint density at radius 2 is 1.77 bits per heavy atom. The topological polar surface area (TPSA) is 46.3 Å². The third-order valence-electron chi connectivity index (χ3n) is 5.55. The molecule has 1 saturated carbocycles. The zero-order chi connectivity index (χ0) is 15.6. The molecule has 0 unspecified atom stereocenters. The number of hydrogen-bond donors (Lipinski definition) is 1. The molecule has 3 rings (SSSR count). The van der Waals surface area contributed by atoms with E-state index in [-0.39, 0.29) is 11.3 Å². The average Bonchev–Trinajstić information content (AvgIpc) is 3.34. The molecule has 120 valence electrons. The Morgan fingerprint density at radius 1 is 1.18 bits per heavy atom. The molecule has 2 fully saturated rings. The number of likely N-dealkylation sites (tertiary alicyclic amines) is 1. The van der Waals surface area contributed by atoms with Gasteiger partial charge in [-0.15, -0.1) is 0 Å². The summed E-state index contributed by atoms with van der Waals surface area (Å²) in [6.07, 6.45) is 6.58. The van der Waals surface area contributed by atoms with E-state index in [4.69, 9.17) is 5.73 Å². The summed E-state index contributed by atoms with van der Waals surface area (Å²) in [5, 5.41) is 0. The zero-order valence-electron chi connectivity index (χ0n) is 13.7. The predicted molar refractivity (Wildman–Crippen MR) is 89.3 cm³/mol. The summed E-state index contributed by atoms with van der Waals surface area (Å²) in [4.78, 5) is 14.4. The van der Waals surface area contributed by atoms with Crippen LogP contribution in [0, 0.1) is 11.3 Å². The Bertz CT molecular complexity index is 511.